The van der Waals surface area contributed by atoms with Crippen molar-refractivity contribution in [2.75, 3.05) is 0 Å². The normalized spacial score (nSPS) is 12.3. The fourth-order valence-corrected chi connectivity index (χ4v) is 3.73. The second-order valence-corrected chi connectivity index (χ2v) is 6.87. The average Bonchev–Trinajstić information content (AvgIpc) is 2.89. The zero-order valence-corrected chi connectivity index (χ0v) is 14.1. The van der Waals surface area contributed by atoms with Gasteiger partial charge in [0.25, 0.3) is 11.5 Å². The van der Waals surface area contributed by atoms with Crippen LogP contribution in [0.5, 0.6) is 0 Å². The molecular weight excluding hydrogens is 308 g/mol. The predicted octanol–water partition coefficient (Wildman–Crippen LogP) is 3.40. The van der Waals surface area contributed by atoms with Crippen molar-refractivity contribution in [1.82, 2.24) is 9.88 Å². The number of carbonyl (C=O) groups is 1. The number of rotatable bonds is 3. The van der Waals surface area contributed by atoms with Gasteiger partial charge in [0.15, 0.2) is 0 Å². The maximum atomic E-state index is 12.7. The summed E-state index contributed by atoms with van der Waals surface area (Å²) >= 11 is 1.48. The van der Waals surface area contributed by atoms with Crippen LogP contribution in [0.25, 0.3) is 10.1 Å². The lowest BCUT2D eigenvalue weighted by Gasteiger charge is -2.14. The molecule has 0 radical (unpaired) electrons. The van der Waals surface area contributed by atoms with Crippen LogP contribution in [-0.4, -0.2) is 10.5 Å². The highest BCUT2D eigenvalue weighted by molar-refractivity contribution is 7.19. The molecule has 4 nitrogen and oxygen atoms in total. The number of aromatic nitrogens is 1. The van der Waals surface area contributed by atoms with Gasteiger partial charge in [-0.25, -0.2) is 0 Å². The summed E-state index contributed by atoms with van der Waals surface area (Å²) in [6, 6.07) is 11.5. The molecule has 0 saturated carbocycles. The van der Waals surface area contributed by atoms with Crippen molar-refractivity contribution in [3.8, 4) is 0 Å². The van der Waals surface area contributed by atoms with Crippen molar-refractivity contribution in [1.29, 1.82) is 0 Å². The van der Waals surface area contributed by atoms with Gasteiger partial charge in [0.1, 0.15) is 0 Å². The van der Waals surface area contributed by atoms with Crippen LogP contribution in [0.4, 0.5) is 0 Å². The number of carbonyl (C=O) groups excluding carboxylic acids is 1. The molecule has 2 heterocycles. The van der Waals surface area contributed by atoms with E-state index in [0.29, 0.717) is 10.9 Å². The van der Waals surface area contributed by atoms with E-state index in [9.17, 15) is 9.59 Å². The quantitative estimate of drug-likeness (QED) is 0.802. The minimum atomic E-state index is -0.201. The molecule has 0 bridgehead atoms. The number of pyridine rings is 1. The number of hydrogen-bond donors (Lipinski definition) is 1. The number of nitrogens with zero attached hydrogens (tertiary/aromatic N) is 1. The van der Waals surface area contributed by atoms with Crippen LogP contribution < -0.4 is 10.9 Å². The largest absolute Gasteiger partial charge is 0.345 e. The lowest BCUT2D eigenvalue weighted by molar-refractivity contribution is 0.0941. The molecular formula is C18H18N2O2S. The topological polar surface area (TPSA) is 51.1 Å². The summed E-state index contributed by atoms with van der Waals surface area (Å²) in [5.74, 6) is -0.201. The lowest BCUT2D eigenvalue weighted by atomic mass is 10.1. The van der Waals surface area contributed by atoms with E-state index in [1.165, 1.54) is 15.9 Å². The van der Waals surface area contributed by atoms with E-state index in [0.717, 1.165) is 15.1 Å². The molecule has 0 aliphatic heterocycles. The smallest absolute Gasteiger partial charge is 0.259 e. The van der Waals surface area contributed by atoms with Crippen LogP contribution >= 0.6 is 11.3 Å². The molecule has 1 N–H and O–H groups in total. The Hall–Kier alpha value is -2.40. The third-order valence-electron chi connectivity index (χ3n) is 3.97. The first-order chi connectivity index (χ1) is 11.0. The Morgan fingerprint density at radius 2 is 1.91 bits per heavy atom. The molecule has 1 aromatic carbocycles. The number of fused-ring (bicyclic) bond motifs is 1. The van der Waals surface area contributed by atoms with Gasteiger partial charge in [-0.05, 0) is 25.5 Å². The number of thiophene rings is 1. The molecule has 0 spiro atoms. The molecule has 1 unspecified atom stereocenters. The van der Waals surface area contributed by atoms with Crippen molar-refractivity contribution in [2.24, 2.45) is 7.05 Å². The van der Waals surface area contributed by atoms with Gasteiger partial charge in [-0.1, -0.05) is 30.3 Å². The van der Waals surface area contributed by atoms with Crippen LogP contribution in [0.1, 0.15) is 33.8 Å². The van der Waals surface area contributed by atoms with E-state index in [1.807, 2.05) is 50.2 Å². The van der Waals surface area contributed by atoms with Crippen molar-refractivity contribution in [2.45, 2.75) is 19.9 Å². The van der Waals surface area contributed by atoms with Gasteiger partial charge in [0, 0.05) is 22.8 Å². The van der Waals surface area contributed by atoms with Gasteiger partial charge in [0.05, 0.1) is 17.0 Å². The Labute approximate surface area is 138 Å². The first-order valence-corrected chi connectivity index (χ1v) is 8.25. The molecule has 0 aliphatic rings. The minimum Gasteiger partial charge on any atom is -0.345 e. The SMILES string of the molecule is Cc1sc2ccn(C)c(=O)c2c1C(=O)NC(C)c1ccccc1. The second-order valence-electron chi connectivity index (χ2n) is 5.61. The first kappa shape index (κ1) is 15.5. The monoisotopic (exact) mass is 326 g/mol. The molecule has 5 heteroatoms. The average molecular weight is 326 g/mol. The molecule has 0 fully saturated rings. The maximum Gasteiger partial charge on any atom is 0.259 e. The van der Waals surface area contributed by atoms with Crippen LogP contribution in [0.2, 0.25) is 0 Å². The Morgan fingerprint density at radius 1 is 1.22 bits per heavy atom. The highest BCUT2D eigenvalue weighted by atomic mass is 32.1. The molecule has 0 aliphatic carbocycles. The molecule has 2 aromatic heterocycles. The lowest BCUT2D eigenvalue weighted by Crippen LogP contribution is -2.28. The van der Waals surface area contributed by atoms with Crippen molar-refractivity contribution < 1.29 is 4.79 Å². The highest BCUT2D eigenvalue weighted by Gasteiger charge is 2.21. The number of aryl methyl sites for hydroxylation is 2. The summed E-state index contributed by atoms with van der Waals surface area (Å²) in [4.78, 5) is 26.0. The Morgan fingerprint density at radius 3 is 2.61 bits per heavy atom. The van der Waals surface area contributed by atoms with Gasteiger partial charge < -0.3 is 9.88 Å². The number of nitrogens with one attached hydrogen (secondary N) is 1. The Balaban J connectivity index is 2.00. The van der Waals surface area contributed by atoms with Crippen molar-refractivity contribution in [3.05, 3.63) is 69.0 Å². The molecule has 118 valence electrons. The first-order valence-electron chi connectivity index (χ1n) is 7.43. The zero-order valence-electron chi connectivity index (χ0n) is 13.3. The van der Waals surface area contributed by atoms with E-state index in [2.05, 4.69) is 5.32 Å². The van der Waals surface area contributed by atoms with Crippen LogP contribution in [0, 0.1) is 6.92 Å². The van der Waals surface area contributed by atoms with E-state index in [-0.39, 0.29) is 17.5 Å². The molecule has 1 atom stereocenters. The standard InChI is InChI=1S/C18H18N2O2S/c1-11(13-7-5-4-6-8-13)19-17(21)15-12(2)23-14-9-10-20(3)18(22)16(14)15/h4-11H,1-3H3,(H,19,21). The van der Waals surface area contributed by atoms with E-state index >= 15 is 0 Å². The summed E-state index contributed by atoms with van der Waals surface area (Å²) < 4.78 is 2.36. The Kier molecular flexibility index (Phi) is 4.05. The summed E-state index contributed by atoms with van der Waals surface area (Å²) in [7, 11) is 1.70. The van der Waals surface area contributed by atoms with Gasteiger partial charge >= 0.3 is 0 Å². The van der Waals surface area contributed by atoms with Crippen LogP contribution in [0.15, 0.2) is 47.4 Å². The highest BCUT2D eigenvalue weighted by Crippen LogP contribution is 2.28. The molecule has 3 rings (SSSR count). The van der Waals surface area contributed by atoms with E-state index < -0.39 is 0 Å². The van der Waals surface area contributed by atoms with Crippen LogP contribution in [0.3, 0.4) is 0 Å². The van der Waals surface area contributed by atoms with Crippen LogP contribution in [-0.2, 0) is 7.05 Å². The van der Waals surface area contributed by atoms with Gasteiger partial charge in [0.2, 0.25) is 0 Å². The van der Waals surface area contributed by atoms with Crippen molar-refractivity contribution in [3.63, 3.8) is 0 Å². The third kappa shape index (κ3) is 2.80. The fourth-order valence-electron chi connectivity index (χ4n) is 2.69. The van der Waals surface area contributed by atoms with E-state index in [4.69, 9.17) is 0 Å². The summed E-state index contributed by atoms with van der Waals surface area (Å²) in [5, 5.41) is 3.51. The summed E-state index contributed by atoms with van der Waals surface area (Å²) in [5.41, 5.74) is 1.39. The minimum absolute atomic E-state index is 0.120. The molecule has 23 heavy (non-hydrogen) atoms. The van der Waals surface area contributed by atoms with E-state index in [1.54, 1.807) is 13.2 Å². The van der Waals surface area contributed by atoms with Gasteiger partial charge in [-0.15, -0.1) is 11.3 Å². The predicted molar refractivity (Wildman–Crippen MR) is 94.1 cm³/mol. The summed E-state index contributed by atoms with van der Waals surface area (Å²) in [6.07, 6.45) is 1.73. The number of amides is 1. The fraction of sp³-hybridized carbons (Fsp3) is 0.222. The third-order valence-corrected chi connectivity index (χ3v) is 5.04. The van der Waals surface area contributed by atoms with Gasteiger partial charge in [-0.3, -0.25) is 9.59 Å². The zero-order chi connectivity index (χ0) is 16.6. The van der Waals surface area contributed by atoms with Gasteiger partial charge in [-0.2, -0.15) is 0 Å². The van der Waals surface area contributed by atoms with Crippen molar-refractivity contribution >= 4 is 27.3 Å². The summed E-state index contributed by atoms with van der Waals surface area (Å²) in [6.45, 7) is 3.82. The maximum absolute atomic E-state index is 12.7. The Bertz CT molecular complexity index is 925. The molecule has 3 aromatic rings. The number of hydrogen-bond acceptors (Lipinski definition) is 3. The second kappa shape index (κ2) is 6.01. The molecule has 0 saturated heterocycles. The molecule has 1 amide bonds. The number of benzene rings is 1.